The maximum Gasteiger partial charge on any atom is 0.322 e. The van der Waals surface area contributed by atoms with Crippen molar-refractivity contribution in [2.24, 2.45) is 7.05 Å². The summed E-state index contributed by atoms with van der Waals surface area (Å²) >= 11 is 0. The van der Waals surface area contributed by atoms with Crippen molar-refractivity contribution in [2.45, 2.75) is 20.3 Å². The maximum absolute atomic E-state index is 11.6. The fourth-order valence-corrected chi connectivity index (χ4v) is 1.29. The summed E-state index contributed by atoms with van der Waals surface area (Å²) < 4.78 is 1.33. The van der Waals surface area contributed by atoms with E-state index in [1.54, 1.807) is 14.0 Å². The highest BCUT2D eigenvalue weighted by Gasteiger charge is 2.28. The minimum Gasteiger partial charge on any atom is -0.350 e. The Labute approximate surface area is 92.6 Å². The van der Waals surface area contributed by atoms with Crippen molar-refractivity contribution in [1.82, 2.24) is 15.1 Å². The lowest BCUT2D eigenvalue weighted by Crippen LogP contribution is -2.25. The average Bonchev–Trinajstić information content (AvgIpc) is 2.52. The summed E-state index contributed by atoms with van der Waals surface area (Å²) in [7, 11) is 1.57. The molecule has 7 heteroatoms. The lowest BCUT2D eigenvalue weighted by molar-refractivity contribution is -0.385. The van der Waals surface area contributed by atoms with Crippen LogP contribution in [0.3, 0.4) is 0 Å². The van der Waals surface area contributed by atoms with Gasteiger partial charge in [-0.3, -0.25) is 19.6 Å². The fourth-order valence-electron chi connectivity index (χ4n) is 1.29. The molecule has 1 N–H and O–H groups in total. The quantitative estimate of drug-likeness (QED) is 0.606. The molecule has 1 amide bonds. The number of nitrogens with one attached hydrogen (secondary N) is 1. The van der Waals surface area contributed by atoms with E-state index >= 15 is 0 Å². The Morgan fingerprint density at radius 2 is 2.25 bits per heavy atom. The predicted molar refractivity (Wildman–Crippen MR) is 57.2 cm³/mol. The van der Waals surface area contributed by atoms with Crippen LogP contribution in [0.1, 0.15) is 29.5 Å². The van der Waals surface area contributed by atoms with Gasteiger partial charge in [-0.1, -0.05) is 6.92 Å². The van der Waals surface area contributed by atoms with Gasteiger partial charge in [0.1, 0.15) is 5.69 Å². The van der Waals surface area contributed by atoms with Gasteiger partial charge in [-0.15, -0.1) is 0 Å². The number of hydrogen-bond acceptors (Lipinski definition) is 4. The molecule has 7 nitrogen and oxygen atoms in total. The van der Waals surface area contributed by atoms with Crippen LogP contribution in [-0.2, 0) is 7.05 Å². The van der Waals surface area contributed by atoms with E-state index in [2.05, 4.69) is 10.4 Å². The highest BCUT2D eigenvalue weighted by atomic mass is 16.6. The molecule has 0 aliphatic rings. The first kappa shape index (κ1) is 12.2. The summed E-state index contributed by atoms with van der Waals surface area (Å²) in [5, 5.41) is 17.2. The van der Waals surface area contributed by atoms with Gasteiger partial charge in [-0.25, -0.2) is 0 Å². The van der Waals surface area contributed by atoms with Crippen molar-refractivity contribution in [3.63, 3.8) is 0 Å². The number of hydrogen-bond donors (Lipinski definition) is 1. The third-order valence-electron chi connectivity index (χ3n) is 2.24. The third kappa shape index (κ3) is 2.18. The van der Waals surface area contributed by atoms with Crippen molar-refractivity contribution in [3.05, 3.63) is 21.5 Å². The Kier molecular flexibility index (Phi) is 3.60. The van der Waals surface area contributed by atoms with E-state index in [4.69, 9.17) is 0 Å². The second kappa shape index (κ2) is 4.73. The molecule has 0 aromatic carbocycles. The van der Waals surface area contributed by atoms with Gasteiger partial charge in [-0.05, 0) is 13.3 Å². The summed E-state index contributed by atoms with van der Waals surface area (Å²) in [6, 6.07) is 0. The predicted octanol–water partition coefficient (Wildman–Crippen LogP) is 0.777. The third-order valence-corrected chi connectivity index (χ3v) is 2.24. The van der Waals surface area contributed by atoms with Crippen LogP contribution in [0.2, 0.25) is 0 Å². The molecule has 1 rings (SSSR count). The number of carbonyl (C=O) groups is 1. The zero-order chi connectivity index (χ0) is 12.3. The molecule has 1 aromatic heterocycles. The van der Waals surface area contributed by atoms with Gasteiger partial charge in [0.25, 0.3) is 5.91 Å². The summed E-state index contributed by atoms with van der Waals surface area (Å²) in [6.07, 6.45) is 0.769. The highest BCUT2D eigenvalue weighted by molar-refractivity contribution is 5.96. The molecular formula is C9H14N4O3. The number of rotatable bonds is 4. The van der Waals surface area contributed by atoms with Gasteiger partial charge in [0.05, 0.1) is 4.92 Å². The van der Waals surface area contributed by atoms with Crippen LogP contribution in [0.15, 0.2) is 0 Å². The molecule has 0 aliphatic carbocycles. The first-order chi connectivity index (χ1) is 7.49. The molecule has 0 bridgehead atoms. The normalized spacial score (nSPS) is 10.2. The molecule has 0 saturated heterocycles. The molecule has 0 atom stereocenters. The van der Waals surface area contributed by atoms with Crippen molar-refractivity contribution < 1.29 is 9.72 Å². The Morgan fingerprint density at radius 1 is 1.62 bits per heavy atom. The smallest absolute Gasteiger partial charge is 0.322 e. The van der Waals surface area contributed by atoms with E-state index in [0.29, 0.717) is 12.2 Å². The largest absolute Gasteiger partial charge is 0.350 e. The monoisotopic (exact) mass is 226 g/mol. The zero-order valence-electron chi connectivity index (χ0n) is 9.48. The van der Waals surface area contributed by atoms with E-state index in [-0.39, 0.29) is 11.4 Å². The van der Waals surface area contributed by atoms with Crippen LogP contribution in [0.25, 0.3) is 0 Å². The van der Waals surface area contributed by atoms with Gasteiger partial charge in [0, 0.05) is 13.6 Å². The molecule has 1 heterocycles. The lowest BCUT2D eigenvalue weighted by Gasteiger charge is -1.99. The first-order valence-electron chi connectivity index (χ1n) is 4.95. The first-order valence-corrected chi connectivity index (χ1v) is 4.95. The van der Waals surface area contributed by atoms with E-state index < -0.39 is 10.8 Å². The second-order valence-corrected chi connectivity index (χ2v) is 3.42. The molecule has 1 aromatic rings. The van der Waals surface area contributed by atoms with Crippen LogP contribution in [0, 0.1) is 17.0 Å². The summed E-state index contributed by atoms with van der Waals surface area (Å²) in [4.78, 5) is 21.8. The van der Waals surface area contributed by atoms with E-state index in [9.17, 15) is 14.9 Å². The number of nitrogens with zero attached hydrogens (tertiary/aromatic N) is 3. The van der Waals surface area contributed by atoms with Crippen molar-refractivity contribution in [3.8, 4) is 0 Å². The summed E-state index contributed by atoms with van der Waals surface area (Å²) in [5.74, 6) is -0.503. The molecule has 0 spiro atoms. The SMILES string of the molecule is CCCNC(=O)c1nn(C)c(C)c1[N+](=O)[O-]. The molecule has 0 radical (unpaired) electrons. The van der Waals surface area contributed by atoms with Crippen LogP contribution in [-0.4, -0.2) is 27.2 Å². The van der Waals surface area contributed by atoms with Crippen molar-refractivity contribution >= 4 is 11.6 Å². The molecule has 0 unspecified atom stereocenters. The minimum absolute atomic E-state index is 0.126. The van der Waals surface area contributed by atoms with E-state index in [0.717, 1.165) is 6.42 Å². The van der Waals surface area contributed by atoms with E-state index in [1.165, 1.54) is 4.68 Å². The lowest BCUT2D eigenvalue weighted by atomic mass is 10.3. The Morgan fingerprint density at radius 3 is 2.75 bits per heavy atom. The van der Waals surface area contributed by atoms with Gasteiger partial charge < -0.3 is 5.32 Å². The van der Waals surface area contributed by atoms with E-state index in [1.807, 2.05) is 6.92 Å². The van der Waals surface area contributed by atoms with Gasteiger partial charge in [0.15, 0.2) is 0 Å². The zero-order valence-corrected chi connectivity index (χ0v) is 9.48. The Bertz CT molecular complexity index is 425. The van der Waals surface area contributed by atoms with Gasteiger partial charge >= 0.3 is 5.69 Å². The molecule has 0 saturated carbocycles. The Hall–Kier alpha value is -1.92. The Balaban J connectivity index is 3.08. The minimum atomic E-state index is -0.580. The van der Waals surface area contributed by atoms with Crippen molar-refractivity contribution in [2.75, 3.05) is 6.54 Å². The fraction of sp³-hybridized carbons (Fsp3) is 0.556. The highest BCUT2D eigenvalue weighted by Crippen LogP contribution is 2.21. The van der Waals surface area contributed by atoms with Gasteiger partial charge in [-0.2, -0.15) is 5.10 Å². The molecule has 0 aliphatic heterocycles. The standard InChI is InChI=1S/C9H14N4O3/c1-4-5-10-9(14)7-8(13(15)16)6(2)12(3)11-7/h4-5H2,1-3H3,(H,10,14). The van der Waals surface area contributed by atoms with Crippen LogP contribution >= 0.6 is 0 Å². The van der Waals surface area contributed by atoms with Crippen molar-refractivity contribution in [1.29, 1.82) is 0 Å². The summed E-state index contributed by atoms with van der Waals surface area (Å²) in [5.41, 5.74) is 0.0150. The van der Waals surface area contributed by atoms with Gasteiger partial charge in [0.2, 0.25) is 5.69 Å². The molecular weight excluding hydrogens is 212 g/mol. The number of aryl methyl sites for hydroxylation is 1. The maximum atomic E-state index is 11.6. The number of aromatic nitrogens is 2. The van der Waals surface area contributed by atoms with Crippen LogP contribution in [0.4, 0.5) is 5.69 Å². The average molecular weight is 226 g/mol. The molecule has 88 valence electrons. The number of carbonyl (C=O) groups excluding carboxylic acids is 1. The van der Waals surface area contributed by atoms with Crippen LogP contribution < -0.4 is 5.32 Å². The molecule has 0 fully saturated rings. The molecule has 16 heavy (non-hydrogen) atoms. The number of amides is 1. The second-order valence-electron chi connectivity index (χ2n) is 3.42. The van der Waals surface area contributed by atoms with Crippen LogP contribution in [0.5, 0.6) is 0 Å². The number of nitro groups is 1. The summed E-state index contributed by atoms with van der Waals surface area (Å²) in [6.45, 7) is 3.94. The topological polar surface area (TPSA) is 90.1 Å².